The van der Waals surface area contributed by atoms with Gasteiger partial charge >= 0.3 is 0 Å². The fourth-order valence-corrected chi connectivity index (χ4v) is 3.11. The highest BCUT2D eigenvalue weighted by Crippen LogP contribution is 2.29. The summed E-state index contributed by atoms with van der Waals surface area (Å²) in [7, 11) is 0. The Hall–Kier alpha value is 0.100. The van der Waals surface area contributed by atoms with Crippen LogP contribution in [0.3, 0.4) is 0 Å². The normalized spacial score (nSPS) is 19.8. The molecule has 0 radical (unpaired) electrons. The first-order valence-electron chi connectivity index (χ1n) is 4.34. The largest absolute Gasteiger partial charge is 0.378 e. The molecule has 1 N–H and O–H groups in total. The number of halogens is 1. The van der Waals surface area contributed by atoms with Gasteiger partial charge in [-0.1, -0.05) is 0 Å². The quantitative estimate of drug-likeness (QED) is 0.903. The van der Waals surface area contributed by atoms with Crippen LogP contribution >= 0.6 is 27.3 Å². The van der Waals surface area contributed by atoms with Gasteiger partial charge in [-0.3, -0.25) is 0 Å². The molecule has 13 heavy (non-hydrogen) atoms. The van der Waals surface area contributed by atoms with E-state index in [-0.39, 0.29) is 0 Å². The Morgan fingerprint density at radius 1 is 1.69 bits per heavy atom. The van der Waals surface area contributed by atoms with Crippen LogP contribution in [0.25, 0.3) is 0 Å². The molecule has 0 aliphatic carbocycles. The molecule has 1 atom stereocenters. The van der Waals surface area contributed by atoms with Gasteiger partial charge in [0.2, 0.25) is 0 Å². The number of thiophene rings is 1. The molecule has 1 fully saturated rings. The van der Waals surface area contributed by atoms with E-state index in [1.54, 1.807) is 11.3 Å². The maximum Gasteiger partial charge on any atom is 0.0643 e. The minimum absolute atomic E-state index is 0.420. The number of hydrogen-bond acceptors (Lipinski definition) is 3. The summed E-state index contributed by atoms with van der Waals surface area (Å²) in [6.07, 6.45) is 0. The number of hydrogen-bond donors (Lipinski definition) is 1. The van der Waals surface area contributed by atoms with Gasteiger partial charge < -0.3 is 10.1 Å². The molecule has 1 aliphatic heterocycles. The summed E-state index contributed by atoms with van der Waals surface area (Å²) in [4.78, 5) is 1.37. The van der Waals surface area contributed by atoms with Crippen molar-refractivity contribution in [1.29, 1.82) is 0 Å². The van der Waals surface area contributed by atoms with Crippen molar-refractivity contribution in [3.8, 4) is 0 Å². The van der Waals surface area contributed by atoms with Crippen molar-refractivity contribution in [2.24, 2.45) is 0 Å². The first kappa shape index (κ1) is 9.65. The van der Waals surface area contributed by atoms with Crippen molar-refractivity contribution in [3.63, 3.8) is 0 Å². The van der Waals surface area contributed by atoms with Crippen LogP contribution in [0.1, 0.15) is 17.8 Å². The van der Waals surface area contributed by atoms with E-state index in [1.165, 1.54) is 9.35 Å². The third-order valence-electron chi connectivity index (χ3n) is 2.16. The first-order valence-corrected chi connectivity index (χ1v) is 6.01. The SMILES string of the molecule is CC(NC1COC1)c1sccc1Br. The minimum atomic E-state index is 0.420. The maximum atomic E-state index is 5.11. The molecular weight excluding hydrogens is 250 g/mol. The predicted octanol–water partition coefficient (Wildman–Crippen LogP) is 2.56. The fraction of sp³-hybridized carbons (Fsp3) is 0.556. The summed E-state index contributed by atoms with van der Waals surface area (Å²) in [5.74, 6) is 0. The minimum Gasteiger partial charge on any atom is -0.378 e. The molecule has 72 valence electrons. The van der Waals surface area contributed by atoms with Crippen molar-refractivity contribution in [3.05, 3.63) is 20.8 Å². The van der Waals surface area contributed by atoms with E-state index in [2.05, 4.69) is 39.6 Å². The van der Waals surface area contributed by atoms with Gasteiger partial charge in [0.25, 0.3) is 0 Å². The van der Waals surface area contributed by atoms with Gasteiger partial charge in [0.15, 0.2) is 0 Å². The molecular formula is C9H12BrNOS. The summed E-state index contributed by atoms with van der Waals surface area (Å²) in [6, 6.07) is 3.06. The monoisotopic (exact) mass is 261 g/mol. The number of nitrogens with one attached hydrogen (secondary N) is 1. The van der Waals surface area contributed by atoms with Gasteiger partial charge in [0, 0.05) is 15.4 Å². The van der Waals surface area contributed by atoms with Crippen LogP contribution in [0.15, 0.2) is 15.9 Å². The second kappa shape index (κ2) is 4.09. The van der Waals surface area contributed by atoms with Gasteiger partial charge in [-0.05, 0) is 34.3 Å². The average molecular weight is 262 g/mol. The number of ether oxygens (including phenoxy) is 1. The zero-order valence-corrected chi connectivity index (χ0v) is 9.82. The van der Waals surface area contributed by atoms with Crippen LogP contribution in [0.2, 0.25) is 0 Å². The molecule has 1 saturated heterocycles. The molecule has 0 spiro atoms. The highest BCUT2D eigenvalue weighted by atomic mass is 79.9. The van der Waals surface area contributed by atoms with Crippen molar-refractivity contribution in [2.45, 2.75) is 19.0 Å². The molecule has 0 amide bonds. The molecule has 2 heterocycles. The average Bonchev–Trinajstić information content (AvgIpc) is 2.43. The van der Waals surface area contributed by atoms with Gasteiger partial charge in [0.05, 0.1) is 19.3 Å². The van der Waals surface area contributed by atoms with Crippen molar-refractivity contribution < 1.29 is 4.74 Å². The fourth-order valence-electron chi connectivity index (χ4n) is 1.38. The van der Waals surface area contributed by atoms with E-state index in [0.29, 0.717) is 12.1 Å². The Bertz CT molecular complexity index is 285. The highest BCUT2D eigenvalue weighted by molar-refractivity contribution is 9.10. The van der Waals surface area contributed by atoms with Crippen LogP contribution in [0, 0.1) is 0 Å². The smallest absolute Gasteiger partial charge is 0.0643 e. The Morgan fingerprint density at radius 2 is 2.46 bits per heavy atom. The summed E-state index contributed by atoms with van der Waals surface area (Å²) in [5.41, 5.74) is 0. The van der Waals surface area contributed by atoms with Crippen molar-refractivity contribution in [2.75, 3.05) is 13.2 Å². The molecule has 2 nitrogen and oxygen atoms in total. The Labute approximate surface area is 90.4 Å². The van der Waals surface area contributed by atoms with E-state index in [0.717, 1.165) is 13.2 Å². The lowest BCUT2D eigenvalue weighted by Gasteiger charge is -2.29. The van der Waals surface area contributed by atoms with Crippen molar-refractivity contribution in [1.82, 2.24) is 5.32 Å². The van der Waals surface area contributed by atoms with E-state index in [9.17, 15) is 0 Å². The summed E-state index contributed by atoms with van der Waals surface area (Å²) < 4.78 is 6.32. The van der Waals surface area contributed by atoms with Gasteiger partial charge in [-0.25, -0.2) is 0 Å². The van der Waals surface area contributed by atoms with Crippen LogP contribution in [0.4, 0.5) is 0 Å². The van der Waals surface area contributed by atoms with E-state index in [1.807, 2.05) is 0 Å². The molecule has 2 rings (SSSR count). The summed E-state index contributed by atoms with van der Waals surface area (Å²) in [5, 5.41) is 5.62. The zero-order chi connectivity index (χ0) is 9.26. The highest BCUT2D eigenvalue weighted by Gasteiger charge is 2.21. The third kappa shape index (κ3) is 2.13. The summed E-state index contributed by atoms with van der Waals surface area (Å²) >= 11 is 5.32. The first-order chi connectivity index (χ1) is 6.27. The molecule has 1 aromatic rings. The van der Waals surface area contributed by atoms with Crippen LogP contribution in [0.5, 0.6) is 0 Å². The lowest BCUT2D eigenvalue weighted by Crippen LogP contribution is -2.46. The van der Waals surface area contributed by atoms with Gasteiger partial charge in [-0.15, -0.1) is 11.3 Å². The number of rotatable bonds is 3. The molecule has 1 aliphatic rings. The van der Waals surface area contributed by atoms with Crippen LogP contribution in [-0.4, -0.2) is 19.3 Å². The summed E-state index contributed by atoms with van der Waals surface area (Å²) in [6.45, 7) is 3.90. The predicted molar refractivity (Wildman–Crippen MR) is 58.2 cm³/mol. The standard InChI is InChI=1S/C9H12BrNOS/c1-6(11-7-4-12-5-7)9-8(10)2-3-13-9/h2-3,6-7,11H,4-5H2,1H3. The van der Waals surface area contributed by atoms with Crippen molar-refractivity contribution >= 4 is 27.3 Å². The van der Waals surface area contributed by atoms with Gasteiger partial charge in [0.1, 0.15) is 0 Å². The molecule has 0 aromatic carbocycles. The molecule has 4 heteroatoms. The van der Waals surface area contributed by atoms with E-state index in [4.69, 9.17) is 4.74 Å². The van der Waals surface area contributed by atoms with Gasteiger partial charge in [-0.2, -0.15) is 0 Å². The Kier molecular flexibility index (Phi) is 3.03. The molecule has 1 aromatic heterocycles. The molecule has 0 bridgehead atoms. The van der Waals surface area contributed by atoms with Crippen LogP contribution < -0.4 is 5.32 Å². The zero-order valence-electron chi connectivity index (χ0n) is 7.42. The Morgan fingerprint density at radius 3 is 2.92 bits per heavy atom. The topological polar surface area (TPSA) is 21.3 Å². The lowest BCUT2D eigenvalue weighted by atomic mass is 10.2. The van der Waals surface area contributed by atoms with Crippen LogP contribution in [-0.2, 0) is 4.74 Å². The lowest BCUT2D eigenvalue weighted by molar-refractivity contribution is -0.00912. The third-order valence-corrected chi connectivity index (χ3v) is 4.22. The maximum absolute atomic E-state index is 5.11. The molecule has 1 unspecified atom stereocenters. The molecule has 0 saturated carbocycles. The van der Waals surface area contributed by atoms with E-state index < -0.39 is 0 Å². The van der Waals surface area contributed by atoms with E-state index >= 15 is 0 Å². The second-order valence-corrected chi connectivity index (χ2v) is 5.06. The second-order valence-electron chi connectivity index (χ2n) is 3.26. The Balaban J connectivity index is 1.96.